The van der Waals surface area contributed by atoms with Crippen LogP contribution < -0.4 is 4.72 Å². The Morgan fingerprint density at radius 3 is 2.62 bits per heavy atom. The van der Waals surface area contributed by atoms with Crippen LogP contribution in [0.3, 0.4) is 0 Å². The number of hydrogen-bond donors (Lipinski definition) is 1. The molecule has 0 saturated heterocycles. The SMILES string of the molecule is Cc1cccc([N+](=O)[O-])c1S(=O)(=O)Nc1cccnc1Br. The number of sulfonamides is 1. The summed E-state index contributed by atoms with van der Waals surface area (Å²) >= 11 is 3.12. The van der Waals surface area contributed by atoms with E-state index in [1.165, 1.54) is 31.3 Å². The highest BCUT2D eigenvalue weighted by molar-refractivity contribution is 9.10. The summed E-state index contributed by atoms with van der Waals surface area (Å²) in [6, 6.07) is 7.14. The fourth-order valence-corrected chi connectivity index (χ4v) is 3.74. The topological polar surface area (TPSA) is 102 Å². The zero-order valence-electron chi connectivity index (χ0n) is 10.8. The number of hydrogen-bond acceptors (Lipinski definition) is 5. The lowest BCUT2D eigenvalue weighted by Gasteiger charge is -2.11. The monoisotopic (exact) mass is 371 g/mol. The fraction of sp³-hybridized carbons (Fsp3) is 0.0833. The zero-order valence-corrected chi connectivity index (χ0v) is 13.2. The average Bonchev–Trinajstić information content (AvgIpc) is 2.40. The van der Waals surface area contributed by atoms with Crippen molar-refractivity contribution in [3.63, 3.8) is 0 Å². The lowest BCUT2D eigenvalue weighted by molar-refractivity contribution is -0.387. The number of anilines is 1. The molecular weight excluding hydrogens is 362 g/mol. The highest BCUT2D eigenvalue weighted by Crippen LogP contribution is 2.30. The molecule has 0 atom stereocenters. The first-order valence-electron chi connectivity index (χ1n) is 5.70. The van der Waals surface area contributed by atoms with Gasteiger partial charge in [-0.25, -0.2) is 13.4 Å². The number of nitro benzene ring substituents is 1. The summed E-state index contributed by atoms with van der Waals surface area (Å²) in [5.74, 6) is 0. The van der Waals surface area contributed by atoms with Crippen molar-refractivity contribution in [1.82, 2.24) is 4.98 Å². The van der Waals surface area contributed by atoms with Crippen molar-refractivity contribution >= 4 is 37.3 Å². The average molecular weight is 372 g/mol. The summed E-state index contributed by atoms with van der Waals surface area (Å²) in [7, 11) is -4.10. The molecule has 2 rings (SSSR count). The molecule has 2 aromatic rings. The van der Waals surface area contributed by atoms with Gasteiger partial charge in [-0.15, -0.1) is 0 Å². The molecule has 1 N–H and O–H groups in total. The van der Waals surface area contributed by atoms with Crippen LogP contribution in [0, 0.1) is 17.0 Å². The van der Waals surface area contributed by atoms with Crippen molar-refractivity contribution in [3.05, 3.63) is 56.8 Å². The molecule has 1 heterocycles. The first kappa shape index (κ1) is 15.4. The van der Waals surface area contributed by atoms with Crippen LogP contribution in [0.4, 0.5) is 11.4 Å². The Morgan fingerprint density at radius 1 is 1.29 bits per heavy atom. The van der Waals surface area contributed by atoms with E-state index < -0.39 is 20.6 Å². The predicted octanol–water partition coefficient (Wildman–Crippen LogP) is 2.86. The van der Waals surface area contributed by atoms with Crippen molar-refractivity contribution in [2.75, 3.05) is 4.72 Å². The molecule has 1 aromatic heterocycles. The Labute approximate surface area is 129 Å². The Hall–Kier alpha value is -2.00. The van der Waals surface area contributed by atoms with Gasteiger partial charge in [-0.2, -0.15) is 0 Å². The molecule has 0 fully saturated rings. The molecule has 0 radical (unpaired) electrons. The van der Waals surface area contributed by atoms with Crippen molar-refractivity contribution in [2.45, 2.75) is 11.8 Å². The molecule has 110 valence electrons. The number of rotatable bonds is 4. The fourth-order valence-electron chi connectivity index (χ4n) is 1.79. The van der Waals surface area contributed by atoms with Crippen LogP contribution in [0.1, 0.15) is 5.56 Å². The Morgan fingerprint density at radius 2 is 2.00 bits per heavy atom. The van der Waals surface area contributed by atoms with E-state index >= 15 is 0 Å². The smallest absolute Gasteiger partial charge is 0.277 e. The van der Waals surface area contributed by atoms with Gasteiger partial charge in [0.1, 0.15) is 4.60 Å². The summed E-state index contributed by atoms with van der Waals surface area (Å²) in [6.07, 6.45) is 1.48. The first-order chi connectivity index (χ1) is 9.83. The maximum absolute atomic E-state index is 12.4. The second-order valence-electron chi connectivity index (χ2n) is 4.13. The second-order valence-corrected chi connectivity index (χ2v) is 6.50. The summed E-state index contributed by atoms with van der Waals surface area (Å²) in [5, 5.41) is 11.0. The summed E-state index contributed by atoms with van der Waals surface area (Å²) in [4.78, 5) is 13.8. The highest BCUT2D eigenvalue weighted by atomic mass is 79.9. The van der Waals surface area contributed by atoms with E-state index in [2.05, 4.69) is 25.6 Å². The Balaban J connectivity index is 2.56. The van der Waals surface area contributed by atoms with Crippen molar-refractivity contribution in [2.24, 2.45) is 0 Å². The molecule has 0 amide bonds. The Kier molecular flexibility index (Phi) is 4.24. The van der Waals surface area contributed by atoms with E-state index in [1.54, 1.807) is 6.07 Å². The van der Waals surface area contributed by atoms with Crippen molar-refractivity contribution in [1.29, 1.82) is 0 Å². The number of pyridine rings is 1. The van der Waals surface area contributed by atoms with Crippen LogP contribution in [0.5, 0.6) is 0 Å². The lowest BCUT2D eigenvalue weighted by atomic mass is 10.2. The van der Waals surface area contributed by atoms with Crippen LogP contribution in [-0.2, 0) is 10.0 Å². The molecule has 0 bridgehead atoms. The van der Waals surface area contributed by atoms with E-state index in [4.69, 9.17) is 0 Å². The van der Waals surface area contributed by atoms with Gasteiger partial charge in [0.2, 0.25) is 0 Å². The quantitative estimate of drug-likeness (QED) is 0.505. The number of benzene rings is 1. The maximum atomic E-state index is 12.4. The first-order valence-corrected chi connectivity index (χ1v) is 7.98. The van der Waals surface area contributed by atoms with Crippen LogP contribution in [-0.4, -0.2) is 18.3 Å². The number of nitro groups is 1. The molecule has 7 nitrogen and oxygen atoms in total. The minimum absolute atomic E-state index is 0.204. The second kappa shape index (κ2) is 5.78. The van der Waals surface area contributed by atoms with Crippen LogP contribution >= 0.6 is 15.9 Å². The highest BCUT2D eigenvalue weighted by Gasteiger charge is 2.28. The summed E-state index contributed by atoms with van der Waals surface area (Å²) < 4.78 is 27.5. The number of aromatic nitrogens is 1. The molecule has 0 spiro atoms. The third-order valence-electron chi connectivity index (χ3n) is 2.66. The molecule has 0 unspecified atom stereocenters. The van der Waals surface area contributed by atoms with Gasteiger partial charge in [-0.05, 0) is 40.5 Å². The Bertz CT molecular complexity index is 808. The molecule has 1 aromatic carbocycles. The van der Waals surface area contributed by atoms with Gasteiger partial charge in [0.05, 0.1) is 10.6 Å². The van der Waals surface area contributed by atoms with Gasteiger partial charge in [-0.3, -0.25) is 14.8 Å². The van der Waals surface area contributed by atoms with Crippen molar-refractivity contribution < 1.29 is 13.3 Å². The van der Waals surface area contributed by atoms with E-state index in [-0.39, 0.29) is 16.1 Å². The number of nitrogens with zero attached hydrogens (tertiary/aromatic N) is 2. The molecular formula is C12H10BrN3O4S. The van der Waals surface area contributed by atoms with Gasteiger partial charge in [0.15, 0.2) is 4.90 Å². The number of nitrogens with one attached hydrogen (secondary N) is 1. The van der Waals surface area contributed by atoms with Gasteiger partial charge >= 0.3 is 0 Å². The van der Waals surface area contributed by atoms with Crippen LogP contribution in [0.2, 0.25) is 0 Å². The molecule has 0 aliphatic heterocycles. The van der Waals surface area contributed by atoms with Crippen molar-refractivity contribution in [3.8, 4) is 0 Å². The standard InChI is InChI=1S/C12H10BrN3O4S/c1-8-4-2-6-10(16(17)18)11(8)21(19,20)15-9-5-3-7-14-12(9)13/h2-7,15H,1H3. The molecule has 0 saturated carbocycles. The summed E-state index contributed by atoms with van der Waals surface area (Å²) in [5.41, 5.74) is 0.0225. The predicted molar refractivity (Wildman–Crippen MR) is 80.6 cm³/mol. The largest absolute Gasteiger partial charge is 0.290 e. The van der Waals surface area contributed by atoms with Crippen LogP contribution in [0.15, 0.2) is 46.0 Å². The lowest BCUT2D eigenvalue weighted by Crippen LogP contribution is -2.16. The maximum Gasteiger partial charge on any atom is 0.290 e. The minimum Gasteiger partial charge on any atom is -0.277 e. The van der Waals surface area contributed by atoms with Gasteiger partial charge in [0, 0.05) is 12.3 Å². The van der Waals surface area contributed by atoms with Gasteiger partial charge in [0.25, 0.3) is 15.7 Å². The van der Waals surface area contributed by atoms with E-state index in [1.807, 2.05) is 0 Å². The van der Waals surface area contributed by atoms with E-state index in [0.717, 1.165) is 6.07 Å². The zero-order chi connectivity index (χ0) is 15.6. The minimum atomic E-state index is -4.10. The van der Waals surface area contributed by atoms with E-state index in [9.17, 15) is 18.5 Å². The van der Waals surface area contributed by atoms with Crippen LogP contribution in [0.25, 0.3) is 0 Å². The normalized spacial score (nSPS) is 11.1. The number of halogens is 1. The third-order valence-corrected chi connectivity index (χ3v) is 4.85. The van der Waals surface area contributed by atoms with Gasteiger partial charge < -0.3 is 0 Å². The molecule has 0 aliphatic carbocycles. The molecule has 9 heteroatoms. The molecule has 0 aliphatic rings. The summed E-state index contributed by atoms with van der Waals surface area (Å²) in [6.45, 7) is 1.50. The third kappa shape index (κ3) is 3.19. The van der Waals surface area contributed by atoms with E-state index in [0.29, 0.717) is 4.60 Å². The number of aryl methyl sites for hydroxylation is 1. The van der Waals surface area contributed by atoms with Gasteiger partial charge in [-0.1, -0.05) is 12.1 Å². The molecule has 21 heavy (non-hydrogen) atoms.